The molecule has 2 unspecified atom stereocenters. The fourth-order valence-electron chi connectivity index (χ4n) is 2.63. The summed E-state index contributed by atoms with van der Waals surface area (Å²) in [6.45, 7) is 7.25. The summed E-state index contributed by atoms with van der Waals surface area (Å²) in [5.41, 5.74) is 3.46. The molecular weight excluding hydrogens is 278 g/mol. The zero-order chi connectivity index (χ0) is 15.4. The molecule has 1 N–H and O–H groups in total. The van der Waals surface area contributed by atoms with Crippen LogP contribution in [0.3, 0.4) is 0 Å². The van der Waals surface area contributed by atoms with Crippen LogP contribution in [0, 0.1) is 13.8 Å². The predicted molar refractivity (Wildman–Crippen MR) is 90.9 cm³/mol. The lowest BCUT2D eigenvalue weighted by atomic mass is 10.0. The van der Waals surface area contributed by atoms with Gasteiger partial charge in [0.15, 0.2) is 0 Å². The molecule has 2 nitrogen and oxygen atoms in total. The van der Waals surface area contributed by atoms with Crippen LogP contribution in [0.1, 0.15) is 47.1 Å². The Bertz CT molecular complexity index is 544. The Morgan fingerprint density at radius 2 is 1.86 bits per heavy atom. The van der Waals surface area contributed by atoms with Gasteiger partial charge in [0.1, 0.15) is 0 Å². The fraction of sp³-hybridized carbons (Fsp3) is 0.444. The summed E-state index contributed by atoms with van der Waals surface area (Å²) in [6, 6.07) is 11.0. The summed E-state index contributed by atoms with van der Waals surface area (Å²) in [5, 5.41) is 12.5. The van der Waals surface area contributed by atoms with E-state index in [-0.39, 0.29) is 6.10 Å². The Morgan fingerprint density at radius 3 is 2.43 bits per heavy atom. The summed E-state index contributed by atoms with van der Waals surface area (Å²) in [7, 11) is 2.12. The van der Waals surface area contributed by atoms with E-state index >= 15 is 0 Å². The molecule has 0 bridgehead atoms. The summed E-state index contributed by atoms with van der Waals surface area (Å²) in [6.07, 6.45) is 0.372. The highest BCUT2D eigenvalue weighted by molar-refractivity contribution is 7.10. The lowest BCUT2D eigenvalue weighted by molar-refractivity contribution is 0.139. The fourth-order valence-corrected chi connectivity index (χ4v) is 3.48. The maximum atomic E-state index is 10.4. The van der Waals surface area contributed by atoms with Crippen molar-refractivity contribution in [2.45, 2.75) is 39.3 Å². The molecule has 1 aromatic heterocycles. The van der Waals surface area contributed by atoms with E-state index in [2.05, 4.69) is 68.4 Å². The summed E-state index contributed by atoms with van der Waals surface area (Å²) >= 11 is 1.79. The lowest BCUT2D eigenvalue weighted by Crippen LogP contribution is -2.24. The Labute approximate surface area is 132 Å². The number of aliphatic hydroxyl groups is 1. The quantitative estimate of drug-likeness (QED) is 0.850. The van der Waals surface area contributed by atoms with Crippen LogP contribution in [0.2, 0.25) is 0 Å². The summed E-state index contributed by atoms with van der Waals surface area (Å²) in [5.74, 6) is 0. The van der Waals surface area contributed by atoms with Gasteiger partial charge in [0.25, 0.3) is 0 Å². The van der Waals surface area contributed by atoms with Gasteiger partial charge in [-0.3, -0.25) is 4.90 Å². The van der Waals surface area contributed by atoms with Gasteiger partial charge in [-0.1, -0.05) is 35.4 Å². The van der Waals surface area contributed by atoms with E-state index < -0.39 is 0 Å². The van der Waals surface area contributed by atoms with Crippen LogP contribution in [0.25, 0.3) is 0 Å². The number of thiophene rings is 1. The largest absolute Gasteiger partial charge is 0.388 e. The highest BCUT2D eigenvalue weighted by Gasteiger charge is 2.15. The van der Waals surface area contributed by atoms with Crippen molar-refractivity contribution in [1.82, 2.24) is 4.90 Å². The molecule has 0 aliphatic carbocycles. The lowest BCUT2D eigenvalue weighted by Gasteiger charge is -2.25. The van der Waals surface area contributed by atoms with E-state index in [0.29, 0.717) is 6.04 Å². The van der Waals surface area contributed by atoms with Crippen molar-refractivity contribution in [1.29, 1.82) is 0 Å². The third kappa shape index (κ3) is 4.40. The van der Waals surface area contributed by atoms with Crippen LogP contribution in [0.15, 0.2) is 35.7 Å². The van der Waals surface area contributed by atoms with Crippen molar-refractivity contribution in [3.63, 3.8) is 0 Å². The first-order valence-corrected chi connectivity index (χ1v) is 8.35. The maximum Gasteiger partial charge on any atom is 0.0802 e. The molecule has 0 saturated carbocycles. The van der Waals surface area contributed by atoms with Crippen molar-refractivity contribution in [2.75, 3.05) is 13.6 Å². The van der Waals surface area contributed by atoms with Gasteiger partial charge in [-0.15, -0.1) is 11.3 Å². The second-order valence-corrected chi connectivity index (χ2v) is 6.88. The minimum absolute atomic E-state index is 0.387. The molecule has 2 atom stereocenters. The summed E-state index contributed by atoms with van der Waals surface area (Å²) < 4.78 is 0. The van der Waals surface area contributed by atoms with E-state index in [0.717, 1.165) is 18.5 Å². The Kier molecular flexibility index (Phi) is 5.57. The Morgan fingerprint density at radius 1 is 1.19 bits per heavy atom. The van der Waals surface area contributed by atoms with Crippen LogP contribution in [-0.2, 0) is 0 Å². The number of aryl methyl sites for hydroxylation is 2. The number of aliphatic hydroxyl groups excluding tert-OH is 1. The van der Waals surface area contributed by atoms with Crippen molar-refractivity contribution < 1.29 is 5.11 Å². The first kappa shape index (κ1) is 16.2. The zero-order valence-electron chi connectivity index (χ0n) is 13.3. The molecule has 0 spiro atoms. The van der Waals surface area contributed by atoms with Gasteiger partial charge in [-0.2, -0.15) is 0 Å². The number of rotatable bonds is 6. The molecule has 1 heterocycles. The second-order valence-electron chi connectivity index (χ2n) is 5.90. The van der Waals surface area contributed by atoms with Crippen molar-refractivity contribution in [3.8, 4) is 0 Å². The van der Waals surface area contributed by atoms with Gasteiger partial charge in [-0.05, 0) is 51.2 Å². The molecule has 21 heavy (non-hydrogen) atoms. The van der Waals surface area contributed by atoms with Crippen LogP contribution in [-0.4, -0.2) is 23.6 Å². The highest BCUT2D eigenvalue weighted by atomic mass is 32.1. The monoisotopic (exact) mass is 303 g/mol. The highest BCUT2D eigenvalue weighted by Crippen LogP contribution is 2.25. The SMILES string of the molecule is Cc1cc(C)cc(C(O)CCN(C)C(C)c2cccs2)c1. The molecule has 0 aliphatic heterocycles. The van der Waals surface area contributed by atoms with Crippen LogP contribution >= 0.6 is 11.3 Å². The molecule has 0 radical (unpaired) electrons. The number of benzene rings is 1. The van der Waals surface area contributed by atoms with Crippen molar-refractivity contribution >= 4 is 11.3 Å². The molecule has 3 heteroatoms. The van der Waals surface area contributed by atoms with Gasteiger partial charge >= 0.3 is 0 Å². The van der Waals surface area contributed by atoms with E-state index in [1.807, 2.05) is 0 Å². The maximum absolute atomic E-state index is 10.4. The first-order chi connectivity index (χ1) is 9.97. The number of hydrogen-bond donors (Lipinski definition) is 1. The molecule has 0 amide bonds. The zero-order valence-corrected chi connectivity index (χ0v) is 14.2. The minimum Gasteiger partial charge on any atom is -0.388 e. The van der Waals surface area contributed by atoms with Crippen LogP contribution < -0.4 is 0 Å². The van der Waals surface area contributed by atoms with E-state index in [9.17, 15) is 5.11 Å². The van der Waals surface area contributed by atoms with E-state index in [1.54, 1.807) is 11.3 Å². The van der Waals surface area contributed by atoms with Crippen LogP contribution in [0.4, 0.5) is 0 Å². The first-order valence-electron chi connectivity index (χ1n) is 7.47. The van der Waals surface area contributed by atoms with Gasteiger partial charge < -0.3 is 5.11 Å². The number of nitrogens with zero attached hydrogens (tertiary/aromatic N) is 1. The van der Waals surface area contributed by atoms with Gasteiger partial charge in [0.2, 0.25) is 0 Å². The topological polar surface area (TPSA) is 23.5 Å². The third-order valence-corrected chi connectivity index (χ3v) is 5.04. The average molecular weight is 303 g/mol. The smallest absolute Gasteiger partial charge is 0.0802 e. The molecular formula is C18H25NOS. The minimum atomic E-state index is -0.387. The van der Waals surface area contributed by atoms with Gasteiger partial charge in [-0.25, -0.2) is 0 Å². The molecule has 2 rings (SSSR count). The molecule has 0 saturated heterocycles. The molecule has 1 aromatic carbocycles. The second kappa shape index (κ2) is 7.21. The Hall–Kier alpha value is -1.16. The normalized spacial score (nSPS) is 14.4. The van der Waals surface area contributed by atoms with Gasteiger partial charge in [0, 0.05) is 17.5 Å². The van der Waals surface area contributed by atoms with Crippen LogP contribution in [0.5, 0.6) is 0 Å². The molecule has 114 valence electrons. The van der Waals surface area contributed by atoms with Crippen molar-refractivity contribution in [3.05, 3.63) is 57.3 Å². The van der Waals surface area contributed by atoms with Gasteiger partial charge in [0.05, 0.1) is 6.10 Å². The molecule has 0 aliphatic rings. The van der Waals surface area contributed by atoms with Crippen molar-refractivity contribution in [2.24, 2.45) is 0 Å². The van der Waals surface area contributed by atoms with E-state index in [4.69, 9.17) is 0 Å². The third-order valence-electron chi connectivity index (χ3n) is 4.00. The average Bonchev–Trinajstić information content (AvgIpc) is 2.96. The van der Waals surface area contributed by atoms with E-state index in [1.165, 1.54) is 16.0 Å². The predicted octanol–water partition coefficient (Wildman–Crippen LogP) is 4.48. The Balaban J connectivity index is 1.92. The summed E-state index contributed by atoms with van der Waals surface area (Å²) in [4.78, 5) is 3.68. The molecule has 2 aromatic rings. The number of hydrogen-bond acceptors (Lipinski definition) is 3. The standard InChI is InChI=1S/C18H25NOS/c1-13-10-14(2)12-16(11-13)17(20)7-8-19(4)15(3)18-6-5-9-21-18/h5-6,9-12,15,17,20H,7-8H2,1-4H3. The molecule has 0 fully saturated rings.